The number of furan rings is 1. The van der Waals surface area contributed by atoms with Gasteiger partial charge in [0.1, 0.15) is 11.2 Å². The van der Waals surface area contributed by atoms with Gasteiger partial charge in [0, 0.05) is 4.88 Å². The van der Waals surface area contributed by atoms with E-state index < -0.39 is 0 Å². The molecule has 0 aliphatic heterocycles. The Hall–Kier alpha value is -2.06. The van der Waals surface area contributed by atoms with Crippen molar-refractivity contribution in [3.8, 4) is 10.8 Å². The highest BCUT2D eigenvalue weighted by atomic mass is 32.1. The molecule has 96 valence electrons. The van der Waals surface area contributed by atoms with Gasteiger partial charge >= 0.3 is 0 Å². The van der Waals surface area contributed by atoms with E-state index in [0.717, 1.165) is 4.88 Å². The minimum Gasteiger partial charge on any atom is -0.462 e. The highest BCUT2D eigenvalue weighted by Crippen LogP contribution is 2.28. The Morgan fingerprint density at radius 3 is 3.05 bits per heavy atom. The van der Waals surface area contributed by atoms with Gasteiger partial charge in [-0.1, -0.05) is 11.3 Å². The van der Waals surface area contributed by atoms with Gasteiger partial charge in [-0.15, -0.1) is 21.5 Å². The molecule has 0 fully saturated rings. The third-order valence-electron chi connectivity index (χ3n) is 2.32. The third kappa shape index (κ3) is 2.40. The van der Waals surface area contributed by atoms with Crippen molar-refractivity contribution in [1.82, 2.24) is 15.2 Å². The lowest BCUT2D eigenvalue weighted by atomic mass is 10.3. The number of nitrogens with one attached hydrogen (secondary N) is 1. The number of carbonyl (C=O) groups is 1. The average molecular weight is 292 g/mol. The van der Waals surface area contributed by atoms with Crippen LogP contribution in [0.25, 0.3) is 10.8 Å². The van der Waals surface area contributed by atoms with E-state index in [1.165, 1.54) is 22.7 Å². The molecule has 0 aliphatic carbocycles. The summed E-state index contributed by atoms with van der Waals surface area (Å²) >= 11 is 2.67. The number of nitrogens with zero attached hydrogens (tertiary/aromatic N) is 3. The monoisotopic (exact) mass is 292 g/mol. The molecule has 6 nitrogen and oxygen atoms in total. The molecular formula is C11H8N4O2S2. The van der Waals surface area contributed by atoms with Crippen LogP contribution >= 0.6 is 22.7 Å². The van der Waals surface area contributed by atoms with Crippen molar-refractivity contribution in [1.29, 1.82) is 0 Å². The van der Waals surface area contributed by atoms with Crippen LogP contribution in [0.15, 0.2) is 28.3 Å². The van der Waals surface area contributed by atoms with Gasteiger partial charge in [0.05, 0.1) is 6.26 Å². The molecule has 1 N–H and O–H groups in total. The fourth-order valence-electron chi connectivity index (χ4n) is 1.50. The quantitative estimate of drug-likeness (QED) is 0.802. The van der Waals surface area contributed by atoms with Crippen LogP contribution in [0.3, 0.4) is 0 Å². The second-order valence-electron chi connectivity index (χ2n) is 3.60. The summed E-state index contributed by atoms with van der Waals surface area (Å²) in [7, 11) is 0. The van der Waals surface area contributed by atoms with Crippen LogP contribution in [0.5, 0.6) is 0 Å². The molecule has 3 aromatic heterocycles. The lowest BCUT2D eigenvalue weighted by molar-refractivity contribution is 0.102. The summed E-state index contributed by atoms with van der Waals surface area (Å²) in [5, 5.41) is 11.2. The lowest BCUT2D eigenvalue weighted by Gasteiger charge is -1.97. The van der Waals surface area contributed by atoms with E-state index in [1.54, 1.807) is 17.8 Å². The van der Waals surface area contributed by atoms with Crippen molar-refractivity contribution in [3.63, 3.8) is 0 Å². The van der Waals surface area contributed by atoms with Gasteiger partial charge in [-0.3, -0.25) is 10.1 Å². The van der Waals surface area contributed by atoms with E-state index in [0.29, 0.717) is 21.6 Å². The van der Waals surface area contributed by atoms with Crippen LogP contribution < -0.4 is 5.32 Å². The first-order valence-corrected chi connectivity index (χ1v) is 7.02. The van der Waals surface area contributed by atoms with E-state index in [2.05, 4.69) is 20.5 Å². The molecule has 0 saturated carbocycles. The molecule has 0 radical (unpaired) electrons. The van der Waals surface area contributed by atoms with Gasteiger partial charge in [-0.2, -0.15) is 0 Å². The summed E-state index contributed by atoms with van der Waals surface area (Å²) in [5.74, 6) is 0.367. The van der Waals surface area contributed by atoms with Crippen molar-refractivity contribution < 1.29 is 9.21 Å². The van der Waals surface area contributed by atoms with Crippen LogP contribution in [0.4, 0.5) is 5.13 Å². The molecular weight excluding hydrogens is 284 g/mol. The fourth-order valence-corrected chi connectivity index (χ4v) is 2.82. The number of aromatic nitrogens is 3. The Morgan fingerprint density at radius 2 is 2.37 bits per heavy atom. The number of amides is 1. The molecule has 3 rings (SSSR count). The second kappa shape index (κ2) is 4.90. The number of thiazole rings is 1. The maximum Gasteiger partial charge on any atom is 0.277 e. The van der Waals surface area contributed by atoms with E-state index >= 15 is 0 Å². The standard InChI is InChI=1S/C11H8N4O2S2/c1-6-8(9(16)14-11-15-12-5-18-11)13-10(19-6)7-3-2-4-17-7/h2-5H,1H3,(H,14,15,16). The maximum absolute atomic E-state index is 12.1. The van der Waals surface area contributed by atoms with Gasteiger partial charge in [-0.25, -0.2) is 4.98 Å². The molecule has 0 aliphatic rings. The molecule has 0 bridgehead atoms. The molecule has 3 aromatic rings. The molecule has 0 spiro atoms. The summed E-state index contributed by atoms with van der Waals surface area (Å²) in [6, 6.07) is 3.59. The van der Waals surface area contributed by atoms with Gasteiger partial charge < -0.3 is 4.42 Å². The Labute approximate surface area is 116 Å². The van der Waals surface area contributed by atoms with Gasteiger partial charge in [0.15, 0.2) is 10.8 Å². The highest BCUT2D eigenvalue weighted by molar-refractivity contribution is 7.15. The van der Waals surface area contributed by atoms with E-state index in [9.17, 15) is 4.79 Å². The number of rotatable bonds is 3. The van der Waals surface area contributed by atoms with Crippen LogP contribution in [-0.2, 0) is 0 Å². The number of hydrogen-bond acceptors (Lipinski definition) is 7. The zero-order valence-electron chi connectivity index (χ0n) is 9.78. The average Bonchev–Trinajstić information content (AvgIpc) is 3.07. The van der Waals surface area contributed by atoms with Crippen molar-refractivity contribution in [3.05, 3.63) is 34.5 Å². The number of carbonyl (C=O) groups excluding carboxylic acids is 1. The normalized spacial score (nSPS) is 10.6. The SMILES string of the molecule is Cc1sc(-c2ccco2)nc1C(=O)Nc1nncs1. The molecule has 8 heteroatoms. The first kappa shape index (κ1) is 12.0. The Morgan fingerprint density at radius 1 is 1.47 bits per heavy atom. The zero-order valence-corrected chi connectivity index (χ0v) is 11.4. The zero-order chi connectivity index (χ0) is 13.2. The first-order valence-electron chi connectivity index (χ1n) is 5.33. The van der Waals surface area contributed by atoms with Crippen molar-refractivity contribution in [2.75, 3.05) is 5.32 Å². The Kier molecular flexibility index (Phi) is 3.10. The predicted octanol–water partition coefficient (Wildman–Crippen LogP) is 2.82. The fraction of sp³-hybridized carbons (Fsp3) is 0.0909. The number of hydrogen-bond donors (Lipinski definition) is 1. The van der Waals surface area contributed by atoms with Crippen LogP contribution in [0.1, 0.15) is 15.4 Å². The molecule has 3 heterocycles. The topological polar surface area (TPSA) is 80.9 Å². The van der Waals surface area contributed by atoms with Gasteiger partial charge in [0.2, 0.25) is 5.13 Å². The molecule has 0 atom stereocenters. The maximum atomic E-state index is 12.1. The van der Waals surface area contributed by atoms with Crippen LogP contribution in [-0.4, -0.2) is 21.1 Å². The number of anilines is 1. The second-order valence-corrected chi connectivity index (χ2v) is 5.64. The third-order valence-corrected chi connectivity index (χ3v) is 3.92. The summed E-state index contributed by atoms with van der Waals surface area (Å²) in [4.78, 5) is 17.2. The van der Waals surface area contributed by atoms with E-state index in [1.807, 2.05) is 13.0 Å². The van der Waals surface area contributed by atoms with Crippen molar-refractivity contribution in [2.45, 2.75) is 6.92 Å². The number of aryl methyl sites for hydroxylation is 1. The first-order chi connectivity index (χ1) is 9.24. The predicted molar refractivity (Wildman–Crippen MR) is 72.4 cm³/mol. The Bertz CT molecular complexity index is 688. The van der Waals surface area contributed by atoms with Crippen molar-refractivity contribution in [2.24, 2.45) is 0 Å². The minimum atomic E-state index is -0.289. The molecule has 1 amide bonds. The van der Waals surface area contributed by atoms with Crippen molar-refractivity contribution >= 4 is 33.7 Å². The van der Waals surface area contributed by atoms with E-state index in [-0.39, 0.29) is 5.91 Å². The summed E-state index contributed by atoms with van der Waals surface area (Å²) in [5.41, 5.74) is 1.93. The minimum absolute atomic E-state index is 0.289. The Balaban J connectivity index is 1.87. The molecule has 0 unspecified atom stereocenters. The smallest absolute Gasteiger partial charge is 0.277 e. The lowest BCUT2D eigenvalue weighted by Crippen LogP contribution is -2.13. The molecule has 19 heavy (non-hydrogen) atoms. The van der Waals surface area contributed by atoms with Gasteiger partial charge in [-0.05, 0) is 19.1 Å². The van der Waals surface area contributed by atoms with E-state index in [4.69, 9.17) is 4.42 Å². The van der Waals surface area contributed by atoms with Crippen LogP contribution in [0.2, 0.25) is 0 Å². The summed E-state index contributed by atoms with van der Waals surface area (Å²) < 4.78 is 5.27. The van der Waals surface area contributed by atoms with Crippen LogP contribution in [0, 0.1) is 6.92 Å². The summed E-state index contributed by atoms with van der Waals surface area (Å²) in [6.07, 6.45) is 1.58. The summed E-state index contributed by atoms with van der Waals surface area (Å²) in [6.45, 7) is 1.85. The molecule has 0 aromatic carbocycles. The van der Waals surface area contributed by atoms with Gasteiger partial charge in [0.25, 0.3) is 5.91 Å². The highest BCUT2D eigenvalue weighted by Gasteiger charge is 2.18. The largest absolute Gasteiger partial charge is 0.462 e. The molecule has 0 saturated heterocycles.